The molecule has 122 valence electrons. The molecule has 2 aromatic rings. The third-order valence-corrected chi connectivity index (χ3v) is 4.42. The molecule has 0 bridgehead atoms. The molecule has 0 radical (unpaired) electrons. The second-order valence-corrected chi connectivity index (χ2v) is 6.31. The number of halogens is 2. The minimum Gasteiger partial charge on any atom is -0.503 e. The predicted molar refractivity (Wildman–Crippen MR) is 91.1 cm³/mol. The first-order valence-corrected chi connectivity index (χ1v) is 7.98. The van der Waals surface area contributed by atoms with Crippen LogP contribution in [0.25, 0.3) is 0 Å². The summed E-state index contributed by atoms with van der Waals surface area (Å²) in [6.07, 6.45) is 0. The zero-order chi connectivity index (χ0) is 17.4. The number of carbonyl (C=O) groups is 2. The number of Topliss-reactive ketones (excluding diaryl/α,β-unsaturated/α-hetero) is 1. The molecule has 0 aromatic heterocycles. The molecule has 1 heterocycles. The number of hydrogen-bond donors (Lipinski definition) is 1. The van der Waals surface area contributed by atoms with E-state index in [4.69, 9.17) is 0 Å². The number of aliphatic hydroxyl groups is 1. The molecule has 0 saturated heterocycles. The summed E-state index contributed by atoms with van der Waals surface area (Å²) >= 11 is 3.31. The van der Waals surface area contributed by atoms with Crippen LogP contribution in [-0.2, 0) is 9.59 Å². The van der Waals surface area contributed by atoms with E-state index < -0.39 is 29.3 Å². The molecule has 0 fully saturated rings. The topological polar surface area (TPSA) is 57.6 Å². The SMILES string of the molecule is CC(=O)C1=C(O)C(=O)N(c2ccc(Br)cc2)[C@@H]1c1ccccc1F. The van der Waals surface area contributed by atoms with Crippen LogP contribution in [0.4, 0.5) is 10.1 Å². The summed E-state index contributed by atoms with van der Waals surface area (Å²) in [6.45, 7) is 1.25. The number of rotatable bonds is 3. The van der Waals surface area contributed by atoms with Gasteiger partial charge in [0.1, 0.15) is 5.82 Å². The number of aliphatic hydroxyl groups excluding tert-OH is 1. The molecule has 0 aliphatic carbocycles. The third-order valence-electron chi connectivity index (χ3n) is 3.89. The average molecular weight is 390 g/mol. The zero-order valence-electron chi connectivity index (χ0n) is 12.7. The van der Waals surface area contributed by atoms with Crippen LogP contribution < -0.4 is 4.90 Å². The van der Waals surface area contributed by atoms with Crippen molar-refractivity contribution in [2.45, 2.75) is 13.0 Å². The van der Waals surface area contributed by atoms with E-state index in [2.05, 4.69) is 15.9 Å². The van der Waals surface area contributed by atoms with Crippen LogP contribution in [0.2, 0.25) is 0 Å². The lowest BCUT2D eigenvalue weighted by atomic mass is 9.96. The van der Waals surface area contributed by atoms with Crippen molar-refractivity contribution in [3.8, 4) is 0 Å². The van der Waals surface area contributed by atoms with Crippen molar-refractivity contribution in [2.24, 2.45) is 0 Å². The molecule has 6 heteroatoms. The van der Waals surface area contributed by atoms with Gasteiger partial charge >= 0.3 is 0 Å². The van der Waals surface area contributed by atoms with E-state index >= 15 is 0 Å². The third kappa shape index (κ3) is 2.63. The number of hydrogen-bond acceptors (Lipinski definition) is 3. The zero-order valence-corrected chi connectivity index (χ0v) is 14.2. The molecule has 1 amide bonds. The second kappa shape index (κ2) is 6.20. The minimum atomic E-state index is -1.00. The number of carbonyl (C=O) groups excluding carboxylic acids is 2. The van der Waals surface area contributed by atoms with Crippen LogP contribution >= 0.6 is 15.9 Å². The normalized spacial score (nSPS) is 17.5. The largest absolute Gasteiger partial charge is 0.503 e. The summed E-state index contributed by atoms with van der Waals surface area (Å²) in [6, 6.07) is 11.7. The van der Waals surface area contributed by atoms with E-state index in [0.717, 1.165) is 4.47 Å². The summed E-state index contributed by atoms with van der Waals surface area (Å²) in [4.78, 5) is 25.8. The first-order valence-electron chi connectivity index (χ1n) is 7.19. The van der Waals surface area contributed by atoms with Crippen LogP contribution in [0.3, 0.4) is 0 Å². The Morgan fingerprint density at radius 2 is 1.79 bits per heavy atom. The number of amides is 1. The van der Waals surface area contributed by atoms with E-state index in [1.807, 2.05) is 0 Å². The Balaban J connectivity index is 2.21. The molecule has 4 nitrogen and oxygen atoms in total. The lowest BCUT2D eigenvalue weighted by molar-refractivity contribution is -0.117. The van der Waals surface area contributed by atoms with Crippen LogP contribution in [0.1, 0.15) is 18.5 Å². The van der Waals surface area contributed by atoms with Crippen LogP contribution in [0, 0.1) is 5.82 Å². The first kappa shape index (κ1) is 16.4. The van der Waals surface area contributed by atoms with Gasteiger partial charge in [-0.3, -0.25) is 14.5 Å². The minimum absolute atomic E-state index is 0.104. The Kier molecular flexibility index (Phi) is 4.24. The van der Waals surface area contributed by atoms with Crippen molar-refractivity contribution in [2.75, 3.05) is 4.90 Å². The fraction of sp³-hybridized carbons (Fsp3) is 0.111. The molecular formula is C18H13BrFNO3. The van der Waals surface area contributed by atoms with Gasteiger partial charge < -0.3 is 5.11 Å². The molecule has 0 unspecified atom stereocenters. The first-order chi connectivity index (χ1) is 11.4. The molecule has 3 rings (SSSR count). The van der Waals surface area contributed by atoms with Crippen molar-refractivity contribution >= 4 is 33.3 Å². The Morgan fingerprint density at radius 3 is 2.38 bits per heavy atom. The Labute approximate surface area is 146 Å². The van der Waals surface area contributed by atoms with Crippen molar-refractivity contribution in [3.63, 3.8) is 0 Å². The predicted octanol–water partition coefficient (Wildman–Crippen LogP) is 4.08. The number of anilines is 1. The molecule has 0 spiro atoms. The van der Waals surface area contributed by atoms with Crippen LogP contribution in [-0.4, -0.2) is 16.8 Å². The van der Waals surface area contributed by atoms with E-state index in [0.29, 0.717) is 5.69 Å². The highest BCUT2D eigenvalue weighted by atomic mass is 79.9. The van der Waals surface area contributed by atoms with Crippen molar-refractivity contribution < 1.29 is 19.1 Å². The highest BCUT2D eigenvalue weighted by Gasteiger charge is 2.44. The van der Waals surface area contributed by atoms with Gasteiger partial charge in [0, 0.05) is 15.7 Å². The average Bonchev–Trinajstić information content (AvgIpc) is 2.81. The summed E-state index contributed by atoms with van der Waals surface area (Å²) < 4.78 is 15.1. The maximum absolute atomic E-state index is 14.3. The molecule has 1 aliphatic heterocycles. The smallest absolute Gasteiger partial charge is 0.294 e. The van der Waals surface area contributed by atoms with Crippen LogP contribution in [0.15, 0.2) is 64.3 Å². The Morgan fingerprint density at radius 1 is 1.17 bits per heavy atom. The van der Waals surface area contributed by atoms with Crippen molar-refractivity contribution in [1.82, 2.24) is 0 Å². The van der Waals surface area contributed by atoms with Gasteiger partial charge in [-0.15, -0.1) is 0 Å². The summed E-state index contributed by atoms with van der Waals surface area (Å²) in [7, 11) is 0. The quantitative estimate of drug-likeness (QED) is 0.860. The molecular weight excluding hydrogens is 377 g/mol. The molecule has 24 heavy (non-hydrogen) atoms. The molecule has 1 atom stereocenters. The lowest BCUT2D eigenvalue weighted by Gasteiger charge is -2.27. The van der Waals surface area contributed by atoms with Gasteiger partial charge in [0.05, 0.1) is 11.6 Å². The maximum Gasteiger partial charge on any atom is 0.294 e. The van der Waals surface area contributed by atoms with Crippen LogP contribution in [0.5, 0.6) is 0 Å². The van der Waals surface area contributed by atoms with E-state index in [1.165, 1.54) is 30.0 Å². The number of ketones is 1. The standard InChI is InChI=1S/C18H13BrFNO3/c1-10(22)15-16(13-4-2-3-5-14(13)20)21(18(24)17(15)23)12-8-6-11(19)7-9-12/h2-9,16,23H,1H3/t16-/m1/s1. The van der Waals surface area contributed by atoms with Gasteiger partial charge in [0.2, 0.25) is 0 Å². The highest BCUT2D eigenvalue weighted by molar-refractivity contribution is 9.10. The van der Waals surface area contributed by atoms with Gasteiger partial charge in [-0.25, -0.2) is 4.39 Å². The molecule has 0 saturated carbocycles. The summed E-state index contributed by atoms with van der Waals surface area (Å²) in [5.74, 6) is -2.39. The van der Waals surface area contributed by atoms with Crippen molar-refractivity contribution in [3.05, 3.63) is 75.7 Å². The van der Waals surface area contributed by atoms with Gasteiger partial charge in [0.15, 0.2) is 11.5 Å². The van der Waals surface area contributed by atoms with Crippen molar-refractivity contribution in [1.29, 1.82) is 0 Å². The van der Waals surface area contributed by atoms with Gasteiger partial charge in [-0.1, -0.05) is 34.1 Å². The van der Waals surface area contributed by atoms with Gasteiger partial charge in [-0.05, 0) is 37.3 Å². The maximum atomic E-state index is 14.3. The monoisotopic (exact) mass is 389 g/mol. The highest BCUT2D eigenvalue weighted by Crippen LogP contribution is 2.41. The number of benzene rings is 2. The molecule has 1 N–H and O–H groups in total. The summed E-state index contributed by atoms with van der Waals surface area (Å²) in [5, 5.41) is 10.2. The van der Waals surface area contributed by atoms with Gasteiger partial charge in [-0.2, -0.15) is 0 Å². The fourth-order valence-corrected chi connectivity index (χ4v) is 3.09. The molecule has 1 aliphatic rings. The Bertz CT molecular complexity index is 861. The van der Waals surface area contributed by atoms with E-state index in [1.54, 1.807) is 30.3 Å². The van der Waals surface area contributed by atoms with Gasteiger partial charge in [0.25, 0.3) is 5.91 Å². The fourth-order valence-electron chi connectivity index (χ4n) is 2.82. The van der Waals surface area contributed by atoms with E-state index in [9.17, 15) is 19.1 Å². The molecule has 2 aromatic carbocycles. The Hall–Kier alpha value is -2.47. The second-order valence-electron chi connectivity index (χ2n) is 5.39. The number of nitrogens with zero attached hydrogens (tertiary/aromatic N) is 1. The van der Waals surface area contributed by atoms with E-state index in [-0.39, 0.29) is 11.1 Å². The summed E-state index contributed by atoms with van der Waals surface area (Å²) in [5.41, 5.74) is 0.510. The lowest BCUT2D eigenvalue weighted by Crippen LogP contribution is -2.31.